The van der Waals surface area contributed by atoms with Crippen LogP contribution in [0.15, 0.2) is 0 Å². The van der Waals surface area contributed by atoms with Crippen LogP contribution in [0.25, 0.3) is 0 Å². The van der Waals surface area contributed by atoms with Crippen molar-refractivity contribution >= 4 is 6.09 Å². The van der Waals surface area contributed by atoms with E-state index >= 15 is 0 Å². The van der Waals surface area contributed by atoms with E-state index in [1.165, 1.54) is 0 Å². The van der Waals surface area contributed by atoms with E-state index in [4.69, 9.17) is 14.2 Å². The van der Waals surface area contributed by atoms with E-state index in [1.54, 1.807) is 4.90 Å². The first kappa shape index (κ1) is 18.5. The van der Waals surface area contributed by atoms with Crippen molar-refractivity contribution in [2.75, 3.05) is 39.5 Å². The number of nitrogens with zero attached hydrogens (tertiary/aromatic N) is 1. The molecule has 2 rings (SSSR count). The van der Waals surface area contributed by atoms with E-state index in [-0.39, 0.29) is 24.2 Å². The number of hydrogen-bond acceptors (Lipinski definition) is 5. The maximum atomic E-state index is 12.2. The second-order valence-electron chi connectivity index (χ2n) is 7.59. The van der Waals surface area contributed by atoms with Gasteiger partial charge in [0.1, 0.15) is 5.60 Å². The van der Waals surface area contributed by atoms with Crippen LogP contribution in [-0.4, -0.2) is 67.3 Å². The Morgan fingerprint density at radius 3 is 2.52 bits per heavy atom. The summed E-state index contributed by atoms with van der Waals surface area (Å²) in [4.78, 5) is 14.0. The molecule has 0 bridgehead atoms. The molecular formula is C17H31NO5. The van der Waals surface area contributed by atoms with Crippen molar-refractivity contribution in [1.29, 1.82) is 0 Å². The molecule has 2 saturated heterocycles. The Hall–Kier alpha value is -0.850. The third kappa shape index (κ3) is 5.06. The SMILES string of the molecule is CC(C)(C)OC(=O)N1CCC(CCCO)(C2COCCO2)CC1. The smallest absolute Gasteiger partial charge is 0.410 e. The van der Waals surface area contributed by atoms with Gasteiger partial charge in [0.05, 0.1) is 25.9 Å². The first-order valence-corrected chi connectivity index (χ1v) is 8.64. The van der Waals surface area contributed by atoms with Crippen molar-refractivity contribution < 1.29 is 24.1 Å². The first-order valence-electron chi connectivity index (χ1n) is 8.64. The Balaban J connectivity index is 1.97. The van der Waals surface area contributed by atoms with Crippen molar-refractivity contribution in [3.8, 4) is 0 Å². The molecule has 1 amide bonds. The Bertz CT molecular complexity index is 379. The summed E-state index contributed by atoms with van der Waals surface area (Å²) in [5.41, 5.74) is -0.482. The molecule has 23 heavy (non-hydrogen) atoms. The number of hydrogen-bond donors (Lipinski definition) is 1. The van der Waals surface area contributed by atoms with Crippen molar-refractivity contribution in [1.82, 2.24) is 4.90 Å². The van der Waals surface area contributed by atoms with Crippen LogP contribution in [0.4, 0.5) is 4.79 Å². The summed E-state index contributed by atoms with van der Waals surface area (Å²) in [5, 5.41) is 9.22. The Morgan fingerprint density at radius 1 is 1.30 bits per heavy atom. The highest BCUT2D eigenvalue weighted by atomic mass is 16.6. The summed E-state index contributed by atoms with van der Waals surface area (Å²) in [6.07, 6.45) is 3.20. The Morgan fingerprint density at radius 2 is 2.00 bits per heavy atom. The van der Waals surface area contributed by atoms with Gasteiger partial charge in [-0.25, -0.2) is 4.79 Å². The molecule has 0 aromatic rings. The van der Waals surface area contributed by atoms with Crippen LogP contribution in [0.1, 0.15) is 46.5 Å². The van der Waals surface area contributed by atoms with Gasteiger partial charge in [-0.1, -0.05) is 0 Å². The summed E-state index contributed by atoms with van der Waals surface area (Å²) >= 11 is 0. The monoisotopic (exact) mass is 329 g/mol. The highest BCUT2D eigenvalue weighted by Crippen LogP contribution is 2.42. The van der Waals surface area contributed by atoms with Crippen LogP contribution in [0.3, 0.4) is 0 Å². The molecule has 0 aromatic heterocycles. The average Bonchev–Trinajstić information content (AvgIpc) is 2.52. The molecule has 1 unspecified atom stereocenters. The van der Waals surface area contributed by atoms with Gasteiger partial charge in [-0.05, 0) is 46.5 Å². The van der Waals surface area contributed by atoms with Gasteiger partial charge in [-0.15, -0.1) is 0 Å². The molecule has 0 saturated carbocycles. The van der Waals surface area contributed by atoms with Crippen molar-refractivity contribution in [3.05, 3.63) is 0 Å². The van der Waals surface area contributed by atoms with Crippen molar-refractivity contribution in [3.63, 3.8) is 0 Å². The molecule has 2 heterocycles. The number of ether oxygens (including phenoxy) is 3. The second-order valence-corrected chi connectivity index (χ2v) is 7.59. The molecule has 0 radical (unpaired) electrons. The second kappa shape index (κ2) is 7.81. The van der Waals surface area contributed by atoms with Crippen molar-refractivity contribution in [2.24, 2.45) is 5.41 Å². The summed E-state index contributed by atoms with van der Waals surface area (Å²) < 4.78 is 17.0. The largest absolute Gasteiger partial charge is 0.444 e. The lowest BCUT2D eigenvalue weighted by molar-refractivity contribution is -0.156. The van der Waals surface area contributed by atoms with E-state index in [9.17, 15) is 9.90 Å². The number of aliphatic hydroxyl groups excluding tert-OH is 1. The fourth-order valence-corrected chi connectivity index (χ4v) is 3.47. The minimum Gasteiger partial charge on any atom is -0.444 e. The van der Waals surface area contributed by atoms with Crippen LogP contribution in [-0.2, 0) is 14.2 Å². The minimum absolute atomic E-state index is 0.0122. The number of piperidine rings is 1. The molecule has 2 aliphatic rings. The predicted molar refractivity (Wildman–Crippen MR) is 86.4 cm³/mol. The Labute approximate surface area is 139 Å². The third-order valence-corrected chi connectivity index (χ3v) is 4.74. The lowest BCUT2D eigenvalue weighted by atomic mass is 9.70. The van der Waals surface area contributed by atoms with E-state index in [0.29, 0.717) is 32.9 Å². The summed E-state index contributed by atoms with van der Waals surface area (Å²) in [5.74, 6) is 0. The summed E-state index contributed by atoms with van der Waals surface area (Å²) in [6, 6.07) is 0. The van der Waals surface area contributed by atoms with Crippen LogP contribution >= 0.6 is 0 Å². The molecule has 0 aromatic carbocycles. The maximum Gasteiger partial charge on any atom is 0.410 e. The van der Waals surface area contributed by atoms with Crippen LogP contribution in [0.2, 0.25) is 0 Å². The van der Waals surface area contributed by atoms with Gasteiger partial charge in [0, 0.05) is 25.1 Å². The zero-order valence-electron chi connectivity index (χ0n) is 14.7. The molecule has 1 N–H and O–H groups in total. The van der Waals surface area contributed by atoms with E-state index < -0.39 is 5.60 Å². The zero-order chi connectivity index (χ0) is 16.9. The van der Waals surface area contributed by atoms with Crippen LogP contribution < -0.4 is 0 Å². The lowest BCUT2D eigenvalue weighted by Crippen LogP contribution is -2.52. The number of carbonyl (C=O) groups excluding carboxylic acids is 1. The van der Waals surface area contributed by atoms with Gasteiger partial charge in [0.15, 0.2) is 0 Å². The molecule has 134 valence electrons. The fourth-order valence-electron chi connectivity index (χ4n) is 3.47. The van der Waals surface area contributed by atoms with E-state index in [0.717, 1.165) is 25.7 Å². The maximum absolute atomic E-state index is 12.2. The van der Waals surface area contributed by atoms with Gasteiger partial charge in [0.25, 0.3) is 0 Å². The predicted octanol–water partition coefficient (Wildman–Crippen LogP) is 2.19. The number of rotatable bonds is 4. The standard InChI is InChI=1S/C17H31NO5/c1-16(2,3)23-15(20)18-8-6-17(7-9-18,5-4-10-19)14-13-21-11-12-22-14/h14,19H,4-13H2,1-3H3. The molecular weight excluding hydrogens is 298 g/mol. The molecule has 0 aliphatic carbocycles. The third-order valence-electron chi connectivity index (χ3n) is 4.74. The van der Waals surface area contributed by atoms with Crippen molar-refractivity contribution in [2.45, 2.75) is 58.2 Å². The van der Waals surface area contributed by atoms with Crippen LogP contribution in [0, 0.1) is 5.41 Å². The summed E-state index contributed by atoms with van der Waals surface area (Å²) in [7, 11) is 0. The average molecular weight is 329 g/mol. The van der Waals surface area contributed by atoms with E-state index in [1.807, 2.05) is 20.8 Å². The number of likely N-dealkylation sites (tertiary alicyclic amines) is 1. The number of carbonyl (C=O) groups is 1. The first-order chi connectivity index (χ1) is 10.9. The van der Waals surface area contributed by atoms with Gasteiger partial charge in [-0.2, -0.15) is 0 Å². The van der Waals surface area contributed by atoms with E-state index in [2.05, 4.69) is 0 Å². The van der Waals surface area contributed by atoms with Gasteiger partial charge < -0.3 is 24.2 Å². The summed E-state index contributed by atoms with van der Waals surface area (Å²) in [6.45, 7) is 9.05. The molecule has 2 fully saturated rings. The Kier molecular flexibility index (Phi) is 6.28. The van der Waals surface area contributed by atoms with Gasteiger partial charge in [-0.3, -0.25) is 0 Å². The van der Waals surface area contributed by atoms with Crippen LogP contribution in [0.5, 0.6) is 0 Å². The fraction of sp³-hybridized carbons (Fsp3) is 0.941. The molecule has 0 spiro atoms. The normalized spacial score (nSPS) is 25.2. The lowest BCUT2D eigenvalue weighted by Gasteiger charge is -2.47. The molecule has 6 heteroatoms. The quantitative estimate of drug-likeness (QED) is 0.856. The number of aliphatic hydroxyl groups is 1. The van der Waals surface area contributed by atoms with Gasteiger partial charge >= 0.3 is 6.09 Å². The van der Waals surface area contributed by atoms with Gasteiger partial charge in [0.2, 0.25) is 0 Å². The highest BCUT2D eigenvalue weighted by molar-refractivity contribution is 5.68. The number of amides is 1. The topological polar surface area (TPSA) is 68.2 Å². The zero-order valence-corrected chi connectivity index (χ0v) is 14.7. The highest BCUT2D eigenvalue weighted by Gasteiger charge is 2.44. The minimum atomic E-state index is -0.469. The molecule has 1 atom stereocenters. The molecule has 6 nitrogen and oxygen atoms in total. The molecule has 2 aliphatic heterocycles.